The number of rotatable bonds is 6. The fourth-order valence-electron chi connectivity index (χ4n) is 2.59. The van der Waals surface area contributed by atoms with Crippen LogP contribution in [-0.4, -0.2) is 56.1 Å². The molecule has 22 heavy (non-hydrogen) atoms. The molecular formula is C14H20N6OS. The van der Waals surface area contributed by atoms with Crippen LogP contribution in [-0.2, 0) is 24.4 Å². The Balaban J connectivity index is 1.58. The minimum absolute atomic E-state index is 0.0150. The highest BCUT2D eigenvalue weighted by atomic mass is 32.1. The van der Waals surface area contributed by atoms with Gasteiger partial charge < -0.3 is 4.90 Å². The zero-order chi connectivity index (χ0) is 15.4. The highest BCUT2D eigenvalue weighted by Crippen LogP contribution is 2.11. The summed E-state index contributed by atoms with van der Waals surface area (Å²) in [6.07, 6.45) is 2.45. The van der Waals surface area contributed by atoms with Crippen LogP contribution in [0.5, 0.6) is 0 Å². The van der Waals surface area contributed by atoms with Crippen LogP contribution in [0, 0.1) is 0 Å². The molecule has 0 radical (unpaired) electrons. The number of carbonyl (C=O) groups is 1. The van der Waals surface area contributed by atoms with Crippen molar-refractivity contribution in [2.24, 2.45) is 0 Å². The molecule has 0 unspecified atom stereocenters. The van der Waals surface area contributed by atoms with Crippen LogP contribution >= 0.6 is 11.3 Å². The summed E-state index contributed by atoms with van der Waals surface area (Å²) in [6, 6.07) is 2.03. The number of hydrogen-bond acceptors (Lipinski definition) is 6. The number of aromatic nitrogens is 4. The maximum atomic E-state index is 12.3. The number of likely N-dealkylation sites (N-methyl/N-ethyl adjacent to an activating group) is 1. The molecule has 2 aromatic rings. The van der Waals surface area contributed by atoms with Gasteiger partial charge in [0.25, 0.3) is 0 Å². The second kappa shape index (κ2) is 6.97. The lowest BCUT2D eigenvalue weighted by Crippen LogP contribution is -2.31. The minimum Gasteiger partial charge on any atom is -0.340 e. The van der Waals surface area contributed by atoms with Crippen LogP contribution in [0.4, 0.5) is 0 Å². The third-order valence-electron chi connectivity index (χ3n) is 3.88. The highest BCUT2D eigenvalue weighted by molar-refractivity contribution is 7.07. The third kappa shape index (κ3) is 3.69. The first-order valence-electron chi connectivity index (χ1n) is 7.45. The molecule has 3 heterocycles. The van der Waals surface area contributed by atoms with Crippen LogP contribution in [0.3, 0.4) is 0 Å². The van der Waals surface area contributed by atoms with Crippen molar-refractivity contribution in [2.45, 2.75) is 32.5 Å². The Labute approximate surface area is 133 Å². The number of nitrogens with zero attached hydrogens (tertiary/aromatic N) is 6. The van der Waals surface area contributed by atoms with Crippen molar-refractivity contribution >= 4 is 17.2 Å². The monoisotopic (exact) mass is 320 g/mol. The Morgan fingerprint density at radius 3 is 2.95 bits per heavy atom. The van der Waals surface area contributed by atoms with E-state index in [1.54, 1.807) is 20.9 Å². The van der Waals surface area contributed by atoms with E-state index in [0.29, 0.717) is 13.1 Å². The predicted octanol–water partition coefficient (Wildman–Crippen LogP) is 0.989. The third-order valence-corrected chi connectivity index (χ3v) is 4.61. The molecule has 1 amide bonds. The van der Waals surface area contributed by atoms with Gasteiger partial charge in [-0.25, -0.2) is 4.68 Å². The molecule has 1 saturated heterocycles. The molecular weight excluding hydrogens is 300 g/mol. The van der Waals surface area contributed by atoms with Gasteiger partial charge in [0.1, 0.15) is 6.54 Å². The van der Waals surface area contributed by atoms with Gasteiger partial charge in [0, 0.05) is 13.6 Å². The first kappa shape index (κ1) is 15.1. The largest absolute Gasteiger partial charge is 0.340 e. The molecule has 0 saturated carbocycles. The molecule has 0 spiro atoms. The first-order valence-corrected chi connectivity index (χ1v) is 8.39. The van der Waals surface area contributed by atoms with E-state index in [0.717, 1.165) is 24.5 Å². The Hall–Kier alpha value is -1.80. The molecule has 1 aliphatic rings. The van der Waals surface area contributed by atoms with Crippen molar-refractivity contribution in [3.8, 4) is 0 Å². The van der Waals surface area contributed by atoms with Crippen molar-refractivity contribution in [3.63, 3.8) is 0 Å². The molecule has 2 aromatic heterocycles. The van der Waals surface area contributed by atoms with Crippen molar-refractivity contribution in [1.82, 2.24) is 30.0 Å². The predicted molar refractivity (Wildman–Crippen MR) is 83.1 cm³/mol. The molecule has 0 atom stereocenters. The fraction of sp³-hybridized carbons (Fsp3) is 0.571. The molecule has 7 nitrogen and oxygen atoms in total. The number of tetrazole rings is 1. The minimum atomic E-state index is 0.0150. The van der Waals surface area contributed by atoms with E-state index in [2.05, 4.69) is 25.8 Å². The summed E-state index contributed by atoms with van der Waals surface area (Å²) in [5.74, 6) is 0.778. The number of amides is 1. The molecule has 1 fully saturated rings. The van der Waals surface area contributed by atoms with Gasteiger partial charge in [-0.2, -0.15) is 11.3 Å². The van der Waals surface area contributed by atoms with Gasteiger partial charge in [0.15, 0.2) is 5.82 Å². The van der Waals surface area contributed by atoms with Crippen LogP contribution in [0.15, 0.2) is 16.8 Å². The van der Waals surface area contributed by atoms with E-state index in [1.807, 2.05) is 18.5 Å². The summed E-state index contributed by atoms with van der Waals surface area (Å²) in [7, 11) is 1.81. The molecule has 3 rings (SSSR count). The molecule has 8 heteroatoms. The lowest BCUT2D eigenvalue weighted by Gasteiger charge is -2.17. The zero-order valence-corrected chi connectivity index (χ0v) is 13.5. The van der Waals surface area contributed by atoms with Crippen LogP contribution in [0.25, 0.3) is 0 Å². The molecule has 0 N–H and O–H groups in total. The molecule has 0 aromatic carbocycles. The van der Waals surface area contributed by atoms with E-state index in [4.69, 9.17) is 0 Å². The standard InChI is InChI=1S/C14H20N6OS/c1-18(8-12-4-7-22-11-12)14(21)10-20-13(15-16-17-20)9-19-5-2-3-6-19/h4,7,11H,2-3,5-6,8-10H2,1H3. The van der Waals surface area contributed by atoms with Gasteiger partial charge in [0.05, 0.1) is 6.54 Å². The van der Waals surface area contributed by atoms with Crippen LogP contribution in [0.1, 0.15) is 24.2 Å². The van der Waals surface area contributed by atoms with Gasteiger partial charge in [-0.3, -0.25) is 9.69 Å². The number of hydrogen-bond donors (Lipinski definition) is 0. The Morgan fingerprint density at radius 2 is 2.23 bits per heavy atom. The van der Waals surface area contributed by atoms with Crippen molar-refractivity contribution in [3.05, 3.63) is 28.2 Å². The summed E-state index contributed by atoms with van der Waals surface area (Å²) in [5.41, 5.74) is 1.15. The second-order valence-corrected chi connectivity index (χ2v) is 6.40. The van der Waals surface area contributed by atoms with Crippen molar-refractivity contribution < 1.29 is 4.79 Å². The van der Waals surface area contributed by atoms with Crippen LogP contribution < -0.4 is 0 Å². The Kier molecular flexibility index (Phi) is 4.79. The molecule has 118 valence electrons. The normalized spacial score (nSPS) is 15.3. The molecule has 0 aliphatic carbocycles. The van der Waals surface area contributed by atoms with Gasteiger partial charge in [-0.05, 0) is 58.7 Å². The topological polar surface area (TPSA) is 67.2 Å². The van der Waals surface area contributed by atoms with Gasteiger partial charge in [-0.1, -0.05) is 0 Å². The lowest BCUT2D eigenvalue weighted by molar-refractivity contribution is -0.131. The lowest BCUT2D eigenvalue weighted by atomic mass is 10.3. The van der Waals surface area contributed by atoms with Crippen molar-refractivity contribution in [1.29, 1.82) is 0 Å². The van der Waals surface area contributed by atoms with Crippen LogP contribution in [0.2, 0.25) is 0 Å². The van der Waals surface area contributed by atoms with E-state index in [1.165, 1.54) is 12.8 Å². The fourth-order valence-corrected chi connectivity index (χ4v) is 3.25. The van der Waals surface area contributed by atoms with Gasteiger partial charge in [-0.15, -0.1) is 5.10 Å². The summed E-state index contributed by atoms with van der Waals surface area (Å²) in [6.45, 7) is 3.69. The van der Waals surface area contributed by atoms with Crippen molar-refractivity contribution in [2.75, 3.05) is 20.1 Å². The first-order chi connectivity index (χ1) is 10.7. The summed E-state index contributed by atoms with van der Waals surface area (Å²) >= 11 is 1.64. The van der Waals surface area contributed by atoms with E-state index >= 15 is 0 Å². The maximum Gasteiger partial charge on any atom is 0.244 e. The Morgan fingerprint density at radius 1 is 1.41 bits per heavy atom. The summed E-state index contributed by atoms with van der Waals surface area (Å²) in [4.78, 5) is 16.4. The average molecular weight is 320 g/mol. The summed E-state index contributed by atoms with van der Waals surface area (Å²) < 4.78 is 1.62. The molecule has 1 aliphatic heterocycles. The number of likely N-dealkylation sites (tertiary alicyclic amines) is 1. The van der Waals surface area contributed by atoms with Gasteiger partial charge in [0.2, 0.25) is 5.91 Å². The Bertz CT molecular complexity index is 605. The average Bonchev–Trinajstić information content (AvgIpc) is 3.23. The van der Waals surface area contributed by atoms with E-state index < -0.39 is 0 Å². The summed E-state index contributed by atoms with van der Waals surface area (Å²) in [5, 5.41) is 15.8. The SMILES string of the molecule is CN(Cc1ccsc1)C(=O)Cn1nnnc1CN1CCCC1. The smallest absolute Gasteiger partial charge is 0.244 e. The zero-order valence-electron chi connectivity index (χ0n) is 12.7. The maximum absolute atomic E-state index is 12.3. The second-order valence-electron chi connectivity index (χ2n) is 5.62. The number of thiophene rings is 1. The molecule has 0 bridgehead atoms. The highest BCUT2D eigenvalue weighted by Gasteiger charge is 2.18. The van der Waals surface area contributed by atoms with Gasteiger partial charge >= 0.3 is 0 Å². The van der Waals surface area contributed by atoms with E-state index in [9.17, 15) is 4.79 Å². The quantitative estimate of drug-likeness (QED) is 0.794. The van der Waals surface area contributed by atoms with E-state index in [-0.39, 0.29) is 12.5 Å². The number of carbonyl (C=O) groups excluding carboxylic acids is 1.